The van der Waals surface area contributed by atoms with Crippen molar-refractivity contribution in [2.45, 2.75) is 19.3 Å². The van der Waals surface area contributed by atoms with Gasteiger partial charge in [-0.25, -0.2) is 0 Å². The molecule has 76 valence electrons. The van der Waals surface area contributed by atoms with Gasteiger partial charge in [-0.2, -0.15) is 0 Å². The highest BCUT2D eigenvalue weighted by Gasteiger charge is 2.45. The normalized spacial score (nSPS) is 33.6. The van der Waals surface area contributed by atoms with Crippen molar-refractivity contribution in [2.24, 2.45) is 5.41 Å². The second kappa shape index (κ2) is 3.84. The van der Waals surface area contributed by atoms with Crippen LogP contribution in [-0.4, -0.2) is 37.5 Å². The van der Waals surface area contributed by atoms with E-state index < -0.39 is 0 Å². The lowest BCUT2D eigenvalue weighted by molar-refractivity contribution is -0.135. The van der Waals surface area contributed by atoms with Crippen LogP contribution in [0.2, 0.25) is 0 Å². The number of nitrogens with zero attached hydrogens (tertiary/aromatic N) is 1. The average molecular weight is 205 g/mol. The number of amides is 1. The van der Waals surface area contributed by atoms with E-state index in [0.29, 0.717) is 5.91 Å². The van der Waals surface area contributed by atoms with Gasteiger partial charge in [0.2, 0.25) is 5.91 Å². The minimum absolute atomic E-state index is 0. The minimum atomic E-state index is -0.0208. The standard InChI is InChI=1S/C9H16N2O.ClH/c1-11-6-4-9(8(11)12)3-2-5-10-7-9;/h10H,2-7H2,1H3;1H. The van der Waals surface area contributed by atoms with Gasteiger partial charge >= 0.3 is 1.43 Å². The molecular formula is C9H17ClN2O. The molecule has 0 aromatic rings. The van der Waals surface area contributed by atoms with Crippen LogP contribution in [-0.2, 0) is 4.79 Å². The predicted molar refractivity (Wildman–Crippen MR) is 47.9 cm³/mol. The summed E-state index contributed by atoms with van der Waals surface area (Å²) in [5, 5.41) is 3.32. The van der Waals surface area contributed by atoms with Crippen LogP contribution < -0.4 is 17.7 Å². The highest BCUT2D eigenvalue weighted by Crippen LogP contribution is 2.36. The molecule has 2 rings (SSSR count). The third-order valence-corrected chi connectivity index (χ3v) is 3.20. The van der Waals surface area contributed by atoms with Crippen LogP contribution in [0.3, 0.4) is 0 Å². The monoisotopic (exact) mass is 204 g/mol. The van der Waals surface area contributed by atoms with E-state index in [1.807, 2.05) is 11.9 Å². The van der Waals surface area contributed by atoms with Gasteiger partial charge in [-0.05, 0) is 25.8 Å². The van der Waals surface area contributed by atoms with Crippen molar-refractivity contribution in [1.29, 1.82) is 0 Å². The van der Waals surface area contributed by atoms with Gasteiger partial charge in [0.25, 0.3) is 0 Å². The van der Waals surface area contributed by atoms with E-state index in [1.165, 1.54) is 0 Å². The summed E-state index contributed by atoms with van der Waals surface area (Å²) >= 11 is 0. The van der Waals surface area contributed by atoms with E-state index in [1.54, 1.807) is 0 Å². The number of carbonyl (C=O) groups excluding carboxylic acids is 1. The molecule has 13 heavy (non-hydrogen) atoms. The molecule has 1 N–H and O–H groups in total. The number of hydrogen-bond donors (Lipinski definition) is 1. The van der Waals surface area contributed by atoms with Crippen molar-refractivity contribution in [3.8, 4) is 0 Å². The fourth-order valence-corrected chi connectivity index (χ4v) is 2.36. The molecule has 0 radical (unpaired) electrons. The summed E-state index contributed by atoms with van der Waals surface area (Å²) in [5.74, 6) is 0.356. The zero-order valence-corrected chi connectivity index (χ0v) is 8.73. The Labute approximate surface area is 86.8 Å². The van der Waals surface area contributed by atoms with Gasteiger partial charge < -0.3 is 22.6 Å². The van der Waals surface area contributed by atoms with Crippen LogP contribution in [0.25, 0.3) is 0 Å². The molecule has 2 aliphatic heterocycles. The van der Waals surface area contributed by atoms with E-state index in [2.05, 4.69) is 5.32 Å². The Kier molecular flexibility index (Phi) is 3.19. The van der Waals surface area contributed by atoms with Crippen molar-refractivity contribution in [3.63, 3.8) is 0 Å². The molecule has 0 aromatic carbocycles. The Bertz CT molecular complexity index is 201. The lowest BCUT2D eigenvalue weighted by Crippen LogP contribution is -3.00. The average Bonchev–Trinajstić information content (AvgIpc) is 2.37. The van der Waals surface area contributed by atoms with Crippen LogP contribution in [0.15, 0.2) is 0 Å². The minimum Gasteiger partial charge on any atom is -1.00 e. The number of piperidine rings is 1. The highest BCUT2D eigenvalue weighted by molar-refractivity contribution is 5.85. The number of hydrogen-bond acceptors (Lipinski definition) is 2. The SMILES string of the molecule is CN1CCC2(CCCNC2)C1=O.[Cl-].[H+]. The van der Waals surface area contributed by atoms with Gasteiger partial charge in [-0.1, -0.05) is 0 Å². The molecule has 0 aliphatic carbocycles. The molecule has 0 bridgehead atoms. The summed E-state index contributed by atoms with van der Waals surface area (Å²) in [6, 6.07) is 0. The first-order chi connectivity index (χ1) is 5.75. The van der Waals surface area contributed by atoms with Crippen molar-refractivity contribution in [3.05, 3.63) is 0 Å². The fraction of sp³-hybridized carbons (Fsp3) is 0.889. The first-order valence-corrected chi connectivity index (χ1v) is 4.71. The number of likely N-dealkylation sites (tertiary alicyclic amines) is 1. The fourth-order valence-electron chi connectivity index (χ4n) is 2.36. The molecule has 1 spiro atoms. The largest absolute Gasteiger partial charge is 1.00 e. The topological polar surface area (TPSA) is 32.3 Å². The molecule has 0 aromatic heterocycles. The van der Waals surface area contributed by atoms with Crippen molar-refractivity contribution in [1.82, 2.24) is 10.2 Å². The molecule has 2 heterocycles. The number of carbonyl (C=O) groups is 1. The summed E-state index contributed by atoms with van der Waals surface area (Å²) < 4.78 is 0. The van der Waals surface area contributed by atoms with Crippen LogP contribution in [0, 0.1) is 5.41 Å². The Morgan fingerprint density at radius 2 is 2.31 bits per heavy atom. The molecule has 2 fully saturated rings. The van der Waals surface area contributed by atoms with E-state index in [9.17, 15) is 4.79 Å². The quantitative estimate of drug-likeness (QED) is 0.467. The molecule has 3 nitrogen and oxygen atoms in total. The van der Waals surface area contributed by atoms with Crippen LogP contribution >= 0.6 is 0 Å². The third-order valence-electron chi connectivity index (χ3n) is 3.20. The Balaban J connectivity index is 0.000000845. The second-order valence-corrected chi connectivity index (χ2v) is 4.04. The summed E-state index contributed by atoms with van der Waals surface area (Å²) in [6.07, 6.45) is 3.29. The Morgan fingerprint density at radius 3 is 2.77 bits per heavy atom. The number of rotatable bonds is 0. The lowest BCUT2D eigenvalue weighted by Gasteiger charge is -2.31. The zero-order chi connectivity index (χ0) is 8.60. The van der Waals surface area contributed by atoms with Crippen LogP contribution in [0.1, 0.15) is 20.7 Å². The lowest BCUT2D eigenvalue weighted by atomic mass is 9.79. The summed E-state index contributed by atoms with van der Waals surface area (Å²) in [7, 11) is 1.91. The van der Waals surface area contributed by atoms with Crippen LogP contribution in [0.5, 0.6) is 0 Å². The molecule has 1 atom stereocenters. The smallest absolute Gasteiger partial charge is 1.00 e. The maximum Gasteiger partial charge on any atom is 1.00 e. The van der Waals surface area contributed by atoms with Gasteiger partial charge in [0.1, 0.15) is 0 Å². The van der Waals surface area contributed by atoms with Crippen molar-refractivity contribution < 1.29 is 18.6 Å². The molecule has 0 saturated carbocycles. The van der Waals surface area contributed by atoms with Gasteiger partial charge in [0, 0.05) is 20.1 Å². The van der Waals surface area contributed by atoms with E-state index >= 15 is 0 Å². The molecule has 4 heteroatoms. The maximum atomic E-state index is 11.8. The van der Waals surface area contributed by atoms with Crippen molar-refractivity contribution >= 4 is 5.91 Å². The molecule has 1 unspecified atom stereocenters. The van der Waals surface area contributed by atoms with Gasteiger partial charge in [-0.15, -0.1) is 0 Å². The van der Waals surface area contributed by atoms with Gasteiger partial charge in [0.15, 0.2) is 0 Å². The van der Waals surface area contributed by atoms with Gasteiger partial charge in [-0.3, -0.25) is 4.79 Å². The third kappa shape index (κ3) is 1.67. The first-order valence-electron chi connectivity index (χ1n) is 4.71. The maximum absolute atomic E-state index is 11.8. The second-order valence-electron chi connectivity index (χ2n) is 4.04. The summed E-state index contributed by atoms with van der Waals surface area (Å²) in [6.45, 7) is 2.93. The molecule has 1 amide bonds. The number of nitrogens with one attached hydrogen (secondary N) is 1. The molecule has 2 saturated heterocycles. The molecule has 2 aliphatic rings. The number of halogens is 1. The summed E-state index contributed by atoms with van der Waals surface area (Å²) in [4.78, 5) is 13.6. The Hall–Kier alpha value is -0.280. The molecular weight excluding hydrogens is 188 g/mol. The Morgan fingerprint density at radius 1 is 1.54 bits per heavy atom. The highest BCUT2D eigenvalue weighted by atomic mass is 35.5. The van der Waals surface area contributed by atoms with E-state index in [4.69, 9.17) is 0 Å². The zero-order valence-electron chi connectivity index (χ0n) is 8.98. The summed E-state index contributed by atoms with van der Waals surface area (Å²) in [5.41, 5.74) is -0.0208. The van der Waals surface area contributed by atoms with Crippen molar-refractivity contribution in [2.75, 3.05) is 26.7 Å². The predicted octanol–water partition coefficient (Wildman–Crippen LogP) is -2.67. The van der Waals surface area contributed by atoms with E-state index in [-0.39, 0.29) is 19.2 Å². The van der Waals surface area contributed by atoms with E-state index in [0.717, 1.165) is 38.9 Å². The van der Waals surface area contributed by atoms with Crippen LogP contribution in [0.4, 0.5) is 0 Å². The van der Waals surface area contributed by atoms with Gasteiger partial charge in [0.05, 0.1) is 5.41 Å². The first kappa shape index (κ1) is 10.8.